The van der Waals surface area contributed by atoms with E-state index >= 15 is 0 Å². The van der Waals surface area contributed by atoms with Crippen molar-refractivity contribution in [1.82, 2.24) is 0 Å². The first kappa shape index (κ1) is 13.4. The van der Waals surface area contributed by atoms with Gasteiger partial charge in [-0.3, -0.25) is 9.59 Å². The zero-order chi connectivity index (χ0) is 14.2. The lowest BCUT2D eigenvalue weighted by Gasteiger charge is -2.22. The van der Waals surface area contributed by atoms with Gasteiger partial charge in [0.1, 0.15) is 11.2 Å². The van der Waals surface area contributed by atoms with Gasteiger partial charge >= 0.3 is 5.97 Å². The van der Waals surface area contributed by atoms with Crippen molar-refractivity contribution in [2.45, 2.75) is 19.8 Å². The Morgan fingerprint density at radius 2 is 2.00 bits per heavy atom. The van der Waals surface area contributed by atoms with Crippen LogP contribution in [0, 0.1) is 12.3 Å². The van der Waals surface area contributed by atoms with E-state index in [-0.39, 0.29) is 5.91 Å². The Labute approximate surface area is 111 Å². The number of anilines is 1. The number of methoxy groups -OCH3 is 1. The van der Waals surface area contributed by atoms with Crippen LogP contribution in [0.4, 0.5) is 5.69 Å². The second-order valence-electron chi connectivity index (χ2n) is 4.91. The number of amides is 1. The Morgan fingerprint density at radius 1 is 1.37 bits per heavy atom. The molecule has 102 valence electrons. The van der Waals surface area contributed by atoms with Gasteiger partial charge in [0.2, 0.25) is 5.91 Å². The van der Waals surface area contributed by atoms with Crippen LogP contribution in [0.2, 0.25) is 0 Å². The summed E-state index contributed by atoms with van der Waals surface area (Å²) in [6, 6.07) is 5.34. The van der Waals surface area contributed by atoms with Crippen molar-refractivity contribution in [3.8, 4) is 5.75 Å². The fraction of sp³-hybridized carbons (Fsp3) is 0.429. The molecule has 0 heterocycles. The highest BCUT2D eigenvalue weighted by Crippen LogP contribution is 2.47. The fourth-order valence-electron chi connectivity index (χ4n) is 2.15. The van der Waals surface area contributed by atoms with Crippen LogP contribution < -0.4 is 9.64 Å². The van der Waals surface area contributed by atoms with E-state index in [1.165, 1.54) is 4.90 Å². The zero-order valence-corrected chi connectivity index (χ0v) is 11.3. The van der Waals surface area contributed by atoms with Crippen molar-refractivity contribution in [3.05, 3.63) is 23.8 Å². The van der Waals surface area contributed by atoms with Crippen molar-refractivity contribution < 1.29 is 19.4 Å². The van der Waals surface area contributed by atoms with Crippen LogP contribution in [0.5, 0.6) is 5.75 Å². The zero-order valence-electron chi connectivity index (χ0n) is 11.3. The third-order valence-corrected chi connectivity index (χ3v) is 3.64. The van der Waals surface area contributed by atoms with Crippen molar-refractivity contribution in [2.24, 2.45) is 5.41 Å². The minimum atomic E-state index is -1.21. The van der Waals surface area contributed by atoms with Crippen molar-refractivity contribution in [1.29, 1.82) is 0 Å². The van der Waals surface area contributed by atoms with Gasteiger partial charge in [0.25, 0.3) is 0 Å². The third-order valence-electron chi connectivity index (χ3n) is 3.64. The minimum Gasteiger partial charge on any atom is -0.496 e. The average Bonchev–Trinajstić information content (AvgIpc) is 3.18. The average molecular weight is 263 g/mol. The smallest absolute Gasteiger partial charge is 0.319 e. The minimum absolute atomic E-state index is 0.357. The number of aliphatic carboxylic acids is 1. The van der Waals surface area contributed by atoms with Gasteiger partial charge in [-0.2, -0.15) is 0 Å². The molecule has 1 aromatic rings. The molecule has 0 radical (unpaired) electrons. The largest absolute Gasteiger partial charge is 0.496 e. The summed E-state index contributed by atoms with van der Waals surface area (Å²) in [5, 5.41) is 9.14. The van der Waals surface area contributed by atoms with Gasteiger partial charge in [0.05, 0.1) is 7.11 Å². The molecule has 1 aromatic carbocycles. The summed E-state index contributed by atoms with van der Waals surface area (Å²) in [6.07, 6.45) is 0.835. The Balaban J connectivity index is 2.25. The van der Waals surface area contributed by atoms with E-state index in [0.29, 0.717) is 18.5 Å². The number of carboxylic acids is 1. The van der Waals surface area contributed by atoms with E-state index in [1.54, 1.807) is 26.3 Å². The maximum atomic E-state index is 12.2. The number of carbonyl (C=O) groups is 2. The van der Waals surface area contributed by atoms with Crippen molar-refractivity contribution >= 4 is 17.6 Å². The molecular weight excluding hydrogens is 246 g/mol. The van der Waals surface area contributed by atoms with Gasteiger partial charge < -0.3 is 14.7 Å². The summed E-state index contributed by atoms with van der Waals surface area (Å²) in [7, 11) is 3.19. The molecule has 0 aliphatic heterocycles. The lowest BCUT2D eigenvalue weighted by molar-refractivity contribution is -0.148. The van der Waals surface area contributed by atoms with Gasteiger partial charge in [0, 0.05) is 12.7 Å². The SMILES string of the molecule is COc1ccc(N(C)C(=O)C2(C(=O)O)CC2)cc1C. The van der Waals surface area contributed by atoms with E-state index < -0.39 is 11.4 Å². The Morgan fingerprint density at radius 3 is 2.42 bits per heavy atom. The number of benzene rings is 1. The molecule has 1 N–H and O–H groups in total. The molecule has 1 fully saturated rings. The summed E-state index contributed by atoms with van der Waals surface area (Å²) < 4.78 is 5.16. The standard InChI is InChI=1S/C14H17NO4/c1-9-8-10(4-5-11(9)19-3)15(2)12(16)14(6-7-14)13(17)18/h4-5,8H,6-7H2,1-3H3,(H,17,18). The van der Waals surface area contributed by atoms with Gasteiger partial charge in [-0.1, -0.05) is 0 Å². The fourth-order valence-corrected chi connectivity index (χ4v) is 2.15. The summed E-state index contributed by atoms with van der Waals surface area (Å²) in [6.45, 7) is 1.88. The van der Waals surface area contributed by atoms with Crippen LogP contribution in [-0.4, -0.2) is 31.1 Å². The molecule has 0 unspecified atom stereocenters. The van der Waals surface area contributed by atoms with Gasteiger partial charge in [-0.05, 0) is 43.5 Å². The lowest BCUT2D eigenvalue weighted by atomic mass is 10.1. The van der Waals surface area contributed by atoms with E-state index in [0.717, 1.165) is 11.3 Å². The number of rotatable bonds is 4. The second-order valence-corrected chi connectivity index (χ2v) is 4.91. The maximum absolute atomic E-state index is 12.2. The molecule has 1 aliphatic carbocycles. The molecule has 0 saturated heterocycles. The van der Waals surface area contributed by atoms with E-state index in [4.69, 9.17) is 9.84 Å². The van der Waals surface area contributed by atoms with Crippen LogP contribution in [0.3, 0.4) is 0 Å². The Bertz CT molecular complexity index is 534. The van der Waals surface area contributed by atoms with Crippen molar-refractivity contribution in [2.75, 3.05) is 19.1 Å². The number of carboxylic acid groups (broad SMARTS) is 1. The monoisotopic (exact) mass is 263 g/mol. The molecule has 19 heavy (non-hydrogen) atoms. The van der Waals surface area contributed by atoms with Crippen molar-refractivity contribution in [3.63, 3.8) is 0 Å². The van der Waals surface area contributed by atoms with Crippen LogP contribution in [0.15, 0.2) is 18.2 Å². The van der Waals surface area contributed by atoms with E-state index in [2.05, 4.69) is 0 Å². The number of hydrogen-bond donors (Lipinski definition) is 1. The highest BCUT2D eigenvalue weighted by Gasteiger charge is 2.58. The number of ether oxygens (including phenoxy) is 1. The first-order valence-electron chi connectivity index (χ1n) is 6.08. The molecule has 1 saturated carbocycles. The molecule has 5 nitrogen and oxygen atoms in total. The first-order chi connectivity index (χ1) is 8.92. The van der Waals surface area contributed by atoms with Crippen LogP contribution in [0.1, 0.15) is 18.4 Å². The summed E-state index contributed by atoms with van der Waals surface area (Å²) in [5.74, 6) is -0.650. The van der Waals surface area contributed by atoms with Gasteiger partial charge in [0.15, 0.2) is 0 Å². The maximum Gasteiger partial charge on any atom is 0.319 e. The molecule has 0 spiro atoms. The number of carbonyl (C=O) groups excluding carboxylic acids is 1. The highest BCUT2D eigenvalue weighted by molar-refractivity contribution is 6.11. The molecule has 0 bridgehead atoms. The molecule has 2 rings (SSSR count). The first-order valence-corrected chi connectivity index (χ1v) is 6.08. The van der Waals surface area contributed by atoms with Crippen LogP contribution in [-0.2, 0) is 9.59 Å². The van der Waals surface area contributed by atoms with Gasteiger partial charge in [-0.15, -0.1) is 0 Å². The molecular formula is C14H17NO4. The Kier molecular flexibility index (Phi) is 3.22. The predicted octanol–water partition coefficient (Wildman–Crippen LogP) is 1.83. The summed E-state index contributed by atoms with van der Waals surface area (Å²) in [5.41, 5.74) is 0.374. The number of aryl methyl sites for hydroxylation is 1. The molecule has 5 heteroatoms. The van der Waals surface area contributed by atoms with E-state index in [1.807, 2.05) is 13.0 Å². The lowest BCUT2D eigenvalue weighted by Crippen LogP contribution is -2.38. The second kappa shape index (κ2) is 4.57. The third kappa shape index (κ3) is 2.16. The number of hydrogen-bond acceptors (Lipinski definition) is 3. The topological polar surface area (TPSA) is 66.8 Å². The molecule has 0 aromatic heterocycles. The highest BCUT2D eigenvalue weighted by atomic mass is 16.5. The summed E-state index contributed by atoms with van der Waals surface area (Å²) in [4.78, 5) is 24.8. The predicted molar refractivity (Wildman–Crippen MR) is 70.4 cm³/mol. The molecule has 1 aliphatic rings. The number of nitrogens with zero attached hydrogens (tertiary/aromatic N) is 1. The molecule has 0 atom stereocenters. The normalized spacial score (nSPS) is 15.7. The van der Waals surface area contributed by atoms with E-state index in [9.17, 15) is 9.59 Å². The quantitative estimate of drug-likeness (QED) is 0.842. The van der Waals surface area contributed by atoms with Gasteiger partial charge in [-0.25, -0.2) is 0 Å². The Hall–Kier alpha value is -2.04. The van der Waals surface area contributed by atoms with Crippen LogP contribution >= 0.6 is 0 Å². The van der Waals surface area contributed by atoms with Crippen LogP contribution in [0.25, 0.3) is 0 Å². The molecule has 1 amide bonds. The summed E-state index contributed by atoms with van der Waals surface area (Å²) >= 11 is 0.